The van der Waals surface area contributed by atoms with Gasteiger partial charge in [-0.1, -0.05) is 77.1 Å². The summed E-state index contributed by atoms with van der Waals surface area (Å²) in [5, 5.41) is 0. The summed E-state index contributed by atoms with van der Waals surface area (Å²) in [6, 6.07) is 10.1. The maximum Gasteiger partial charge on any atom is 0.312 e. The molecule has 39 heavy (non-hydrogen) atoms. The van der Waals surface area contributed by atoms with Crippen LogP contribution in [0.3, 0.4) is 0 Å². The number of hydrogen-bond donors (Lipinski definition) is 0. The van der Waals surface area contributed by atoms with Crippen molar-refractivity contribution in [3.8, 4) is 0 Å². The lowest BCUT2D eigenvalue weighted by Gasteiger charge is -2.70. The Kier molecular flexibility index (Phi) is 6.15. The zero-order valence-corrected chi connectivity index (χ0v) is 25.3. The molecule has 5 aliphatic carbocycles. The summed E-state index contributed by atoms with van der Waals surface area (Å²) in [5.41, 5.74) is 2.14. The van der Waals surface area contributed by atoms with Gasteiger partial charge in [0.25, 0.3) is 0 Å². The van der Waals surface area contributed by atoms with E-state index in [4.69, 9.17) is 4.74 Å². The van der Waals surface area contributed by atoms with Gasteiger partial charge in [-0.25, -0.2) is 0 Å². The van der Waals surface area contributed by atoms with Crippen molar-refractivity contribution >= 4 is 11.8 Å². The Bertz CT molecular complexity index is 1180. The van der Waals surface area contributed by atoms with Crippen LogP contribution < -0.4 is 0 Å². The number of fused-ring (bicyclic) bond motifs is 7. The molecule has 0 radical (unpaired) electrons. The van der Waals surface area contributed by atoms with Crippen LogP contribution in [0.15, 0.2) is 42.5 Å². The Labute approximate surface area is 236 Å². The van der Waals surface area contributed by atoms with Crippen LogP contribution in [-0.4, -0.2) is 11.8 Å². The Morgan fingerprint density at radius 2 is 1.62 bits per heavy atom. The molecule has 0 N–H and O–H groups in total. The second kappa shape index (κ2) is 8.80. The lowest BCUT2D eigenvalue weighted by atomic mass is 9.34. The quantitative estimate of drug-likeness (QED) is 0.289. The molecular formula is C36H50O3. The summed E-state index contributed by atoms with van der Waals surface area (Å²) < 4.78 is 6.15. The fraction of sp³-hybridized carbons (Fsp3) is 0.722. The highest BCUT2D eigenvalue weighted by molar-refractivity contribution is 5.88. The molecule has 5 aliphatic rings. The van der Waals surface area contributed by atoms with E-state index in [1.807, 2.05) is 30.3 Å². The highest BCUT2D eigenvalue weighted by Gasteiger charge is 2.73. The van der Waals surface area contributed by atoms with E-state index in [0.717, 1.165) is 50.5 Å². The van der Waals surface area contributed by atoms with Gasteiger partial charge in [0.15, 0.2) is 0 Å². The summed E-state index contributed by atoms with van der Waals surface area (Å²) in [4.78, 5) is 27.4. The third-order valence-electron chi connectivity index (χ3n) is 14.1. The van der Waals surface area contributed by atoms with Crippen LogP contribution in [0.1, 0.15) is 105 Å². The third kappa shape index (κ3) is 3.53. The van der Waals surface area contributed by atoms with Crippen molar-refractivity contribution in [3.05, 3.63) is 48.0 Å². The Morgan fingerprint density at radius 1 is 0.897 bits per heavy atom. The number of hydrogen-bond acceptors (Lipinski definition) is 3. The molecule has 0 aromatic heterocycles. The van der Waals surface area contributed by atoms with Crippen molar-refractivity contribution in [1.82, 2.24) is 0 Å². The number of allylic oxidation sites excluding steroid dienone is 1. The van der Waals surface area contributed by atoms with E-state index >= 15 is 0 Å². The van der Waals surface area contributed by atoms with Crippen molar-refractivity contribution in [2.24, 2.45) is 56.7 Å². The zero-order valence-electron chi connectivity index (χ0n) is 25.3. The van der Waals surface area contributed by atoms with E-state index < -0.39 is 5.41 Å². The minimum atomic E-state index is -0.391. The molecule has 0 bridgehead atoms. The summed E-state index contributed by atoms with van der Waals surface area (Å²) >= 11 is 0. The minimum absolute atomic E-state index is 0.0354. The minimum Gasteiger partial charge on any atom is -0.460 e. The molecule has 3 nitrogen and oxygen atoms in total. The monoisotopic (exact) mass is 530 g/mol. The smallest absolute Gasteiger partial charge is 0.312 e. The van der Waals surface area contributed by atoms with Crippen molar-refractivity contribution in [2.75, 3.05) is 0 Å². The molecule has 0 amide bonds. The molecule has 0 unspecified atom stereocenters. The zero-order chi connectivity index (χ0) is 28.0. The fourth-order valence-electron chi connectivity index (χ4n) is 11.9. The van der Waals surface area contributed by atoms with E-state index in [9.17, 15) is 9.59 Å². The van der Waals surface area contributed by atoms with Gasteiger partial charge in [-0.15, -0.1) is 0 Å². The van der Waals surface area contributed by atoms with E-state index in [1.165, 1.54) is 18.4 Å². The van der Waals surface area contributed by atoms with Crippen molar-refractivity contribution in [1.29, 1.82) is 0 Å². The summed E-state index contributed by atoms with van der Waals surface area (Å²) in [6.45, 7) is 19.1. The van der Waals surface area contributed by atoms with Crippen LogP contribution in [0.5, 0.6) is 0 Å². The first-order chi connectivity index (χ1) is 18.3. The van der Waals surface area contributed by atoms with Crippen molar-refractivity contribution in [3.63, 3.8) is 0 Å². The number of esters is 1. The molecule has 3 heteroatoms. The molecule has 0 spiro atoms. The van der Waals surface area contributed by atoms with Crippen LogP contribution in [-0.2, 0) is 20.9 Å². The standard InChI is InChI=1S/C36H50O3/c1-23(2)25-15-18-36(31(38)39-22-24-11-9-8-10-12-24)20-19-34(6)26(30(25)36)13-14-28-33(5)21-29(37)32(3,4)27(33)16-17-35(28,34)7/h8-12,25-28,30H,1,13-22H2,2-7H3/t25-,26+,27-,28+,30+,33-,34+,35+,36-/m0/s1. The average Bonchev–Trinajstić information content (AvgIpc) is 3.37. The second-order valence-electron chi connectivity index (χ2n) is 15.7. The first-order valence-electron chi connectivity index (χ1n) is 15.7. The van der Waals surface area contributed by atoms with E-state index in [-0.39, 0.29) is 27.6 Å². The van der Waals surface area contributed by atoms with Gasteiger partial charge in [-0.2, -0.15) is 0 Å². The van der Waals surface area contributed by atoms with E-state index in [0.29, 0.717) is 42.0 Å². The number of carbonyl (C=O) groups is 2. The Hall–Kier alpha value is -1.90. The van der Waals surface area contributed by atoms with Gasteiger partial charge in [0.1, 0.15) is 12.4 Å². The molecule has 212 valence electrons. The molecule has 6 rings (SSSR count). The fourth-order valence-corrected chi connectivity index (χ4v) is 11.9. The van der Waals surface area contributed by atoms with Gasteiger partial charge < -0.3 is 4.74 Å². The number of Topliss-reactive ketones (excluding diaryl/α,β-unsaturated/α-hetero) is 1. The Morgan fingerprint density at radius 3 is 2.31 bits per heavy atom. The topological polar surface area (TPSA) is 43.4 Å². The van der Waals surface area contributed by atoms with Crippen LogP contribution in [0.2, 0.25) is 0 Å². The predicted octanol–water partition coefficient (Wildman–Crippen LogP) is 8.57. The van der Waals surface area contributed by atoms with Gasteiger partial charge in [0, 0.05) is 11.8 Å². The second-order valence-corrected chi connectivity index (χ2v) is 15.7. The Balaban J connectivity index is 1.34. The number of ketones is 1. The third-order valence-corrected chi connectivity index (χ3v) is 14.1. The number of carbonyl (C=O) groups excluding carboxylic acids is 2. The van der Waals surface area contributed by atoms with Gasteiger partial charge in [-0.05, 0) is 110 Å². The van der Waals surface area contributed by atoms with E-state index in [1.54, 1.807) is 0 Å². The average molecular weight is 531 g/mol. The number of ether oxygens (including phenoxy) is 1. The highest BCUT2D eigenvalue weighted by Crippen LogP contribution is 2.78. The predicted molar refractivity (Wildman–Crippen MR) is 156 cm³/mol. The van der Waals surface area contributed by atoms with Gasteiger partial charge in [0.05, 0.1) is 5.41 Å². The van der Waals surface area contributed by atoms with Gasteiger partial charge in [0.2, 0.25) is 0 Å². The van der Waals surface area contributed by atoms with Crippen molar-refractivity contribution < 1.29 is 14.3 Å². The molecule has 5 saturated carbocycles. The lowest BCUT2D eigenvalue weighted by molar-refractivity contribution is -0.223. The summed E-state index contributed by atoms with van der Waals surface area (Å²) in [7, 11) is 0. The maximum absolute atomic E-state index is 14.1. The normalized spacial score (nSPS) is 46.0. The molecule has 5 fully saturated rings. The molecule has 1 aromatic carbocycles. The number of rotatable bonds is 4. The first kappa shape index (κ1) is 27.3. The maximum atomic E-state index is 14.1. The molecule has 0 aliphatic heterocycles. The molecule has 9 atom stereocenters. The number of benzene rings is 1. The van der Waals surface area contributed by atoms with E-state index in [2.05, 4.69) is 48.1 Å². The molecule has 0 heterocycles. The lowest BCUT2D eigenvalue weighted by Crippen LogP contribution is -2.64. The van der Waals surface area contributed by atoms with Crippen LogP contribution in [0.25, 0.3) is 0 Å². The van der Waals surface area contributed by atoms with Crippen LogP contribution >= 0.6 is 0 Å². The molecule has 0 saturated heterocycles. The van der Waals surface area contributed by atoms with Crippen LogP contribution in [0, 0.1) is 56.7 Å². The molecular weight excluding hydrogens is 480 g/mol. The largest absolute Gasteiger partial charge is 0.460 e. The van der Waals surface area contributed by atoms with Crippen molar-refractivity contribution in [2.45, 2.75) is 106 Å². The summed E-state index contributed by atoms with van der Waals surface area (Å²) in [6.07, 6.45) is 9.45. The molecule has 1 aromatic rings. The SMILES string of the molecule is C=C(C)[C@@H]1CC[C@]2(C(=O)OCc3ccccc3)CC[C@]3(C)[C@H](CC[C@@H]4[C@@]5(C)CC(=O)C(C)(C)[C@@H]5CC[C@]43C)[C@@H]12. The first-order valence-corrected chi connectivity index (χ1v) is 15.7. The van der Waals surface area contributed by atoms with Gasteiger partial charge >= 0.3 is 5.97 Å². The summed E-state index contributed by atoms with van der Waals surface area (Å²) in [5.74, 6) is 2.76. The highest BCUT2D eigenvalue weighted by atomic mass is 16.5. The van der Waals surface area contributed by atoms with Gasteiger partial charge in [-0.3, -0.25) is 9.59 Å². The van der Waals surface area contributed by atoms with Crippen LogP contribution in [0.4, 0.5) is 0 Å².